The number of hydrogen-bond acceptors (Lipinski definition) is 6. The number of alkyl halides is 3. The van der Waals surface area contributed by atoms with Crippen LogP contribution in [0.3, 0.4) is 0 Å². The second-order valence-electron chi connectivity index (χ2n) is 7.65. The van der Waals surface area contributed by atoms with Gasteiger partial charge in [0.2, 0.25) is 0 Å². The van der Waals surface area contributed by atoms with Gasteiger partial charge < -0.3 is 9.64 Å². The van der Waals surface area contributed by atoms with Crippen molar-refractivity contribution >= 4 is 26.7 Å². The fourth-order valence-corrected chi connectivity index (χ4v) is 4.87. The average Bonchev–Trinajstić information content (AvgIpc) is 3.28. The summed E-state index contributed by atoms with van der Waals surface area (Å²) in [6.45, 7) is 2.42. The number of morpholine rings is 1. The minimum atomic E-state index is -4.46. The lowest BCUT2D eigenvalue weighted by molar-refractivity contribution is -0.137. The molecule has 170 valence electrons. The third-order valence-corrected chi connectivity index (χ3v) is 6.53. The Morgan fingerprint density at radius 3 is 2.52 bits per heavy atom. The minimum absolute atomic E-state index is 0.0943. The number of anilines is 1. The lowest BCUT2D eigenvalue weighted by Crippen LogP contribution is -2.36. The lowest BCUT2D eigenvalue weighted by atomic mass is 10.1. The summed E-state index contributed by atoms with van der Waals surface area (Å²) in [7, 11) is 0. The molecule has 1 saturated heterocycles. The van der Waals surface area contributed by atoms with Crippen LogP contribution in [0.15, 0.2) is 59.4 Å². The highest BCUT2D eigenvalue weighted by Gasteiger charge is 2.30. The van der Waals surface area contributed by atoms with Crippen LogP contribution in [0.1, 0.15) is 11.1 Å². The molecule has 0 amide bonds. The second-order valence-corrected chi connectivity index (χ2v) is 8.63. The summed E-state index contributed by atoms with van der Waals surface area (Å²) >= 11 is 1.39. The molecule has 0 saturated carbocycles. The van der Waals surface area contributed by atoms with E-state index in [0.29, 0.717) is 47.4 Å². The van der Waals surface area contributed by atoms with Crippen LogP contribution in [-0.4, -0.2) is 41.1 Å². The first-order valence-corrected chi connectivity index (χ1v) is 11.2. The Morgan fingerprint density at radius 2 is 1.79 bits per heavy atom. The van der Waals surface area contributed by atoms with Crippen molar-refractivity contribution in [3.63, 3.8) is 0 Å². The SMILES string of the molecule is O=c1c2nc(N3CCOCC3)sc2c(-c2ccccc2)nn1Cc1cccc(C(F)(F)F)c1. The van der Waals surface area contributed by atoms with E-state index < -0.39 is 17.3 Å². The van der Waals surface area contributed by atoms with E-state index in [0.717, 1.165) is 17.7 Å². The zero-order valence-corrected chi connectivity index (χ0v) is 18.2. The molecular weight excluding hydrogens is 453 g/mol. The Morgan fingerprint density at radius 1 is 1.03 bits per heavy atom. The maximum absolute atomic E-state index is 13.3. The van der Waals surface area contributed by atoms with Gasteiger partial charge in [-0.1, -0.05) is 53.8 Å². The number of hydrogen-bond donors (Lipinski definition) is 0. The summed E-state index contributed by atoms with van der Waals surface area (Å²) in [5, 5.41) is 5.28. The van der Waals surface area contributed by atoms with Crippen LogP contribution in [0.4, 0.5) is 18.3 Å². The van der Waals surface area contributed by atoms with E-state index in [4.69, 9.17) is 4.74 Å². The first-order valence-electron chi connectivity index (χ1n) is 10.4. The van der Waals surface area contributed by atoms with E-state index in [1.165, 1.54) is 22.1 Å². The fourth-order valence-electron chi connectivity index (χ4n) is 3.75. The highest BCUT2D eigenvalue weighted by Crippen LogP contribution is 2.34. The zero-order chi connectivity index (χ0) is 23.0. The molecule has 1 fully saturated rings. The number of fused-ring (bicyclic) bond motifs is 1. The van der Waals surface area contributed by atoms with E-state index in [2.05, 4.69) is 15.0 Å². The molecule has 0 aliphatic carbocycles. The number of aromatic nitrogens is 3. The summed E-state index contributed by atoms with van der Waals surface area (Å²) in [6, 6.07) is 14.3. The molecule has 4 aromatic rings. The Labute approximate surface area is 190 Å². The Bertz CT molecular complexity index is 1350. The first kappa shape index (κ1) is 21.6. The lowest BCUT2D eigenvalue weighted by Gasteiger charge is -2.25. The van der Waals surface area contributed by atoms with Crippen molar-refractivity contribution in [2.45, 2.75) is 12.7 Å². The van der Waals surface area contributed by atoms with Gasteiger partial charge in [-0.2, -0.15) is 18.3 Å². The highest BCUT2D eigenvalue weighted by molar-refractivity contribution is 7.22. The Balaban J connectivity index is 1.63. The molecule has 1 aliphatic rings. The topological polar surface area (TPSA) is 60.3 Å². The van der Waals surface area contributed by atoms with Gasteiger partial charge in [-0.3, -0.25) is 4.79 Å². The first-order chi connectivity index (χ1) is 15.9. The minimum Gasteiger partial charge on any atom is -0.378 e. The van der Waals surface area contributed by atoms with E-state index >= 15 is 0 Å². The molecule has 1 aliphatic heterocycles. The van der Waals surface area contributed by atoms with Crippen molar-refractivity contribution in [2.24, 2.45) is 0 Å². The third-order valence-electron chi connectivity index (χ3n) is 5.40. The number of nitrogens with zero attached hydrogens (tertiary/aromatic N) is 4. The molecule has 0 N–H and O–H groups in total. The molecule has 0 atom stereocenters. The standard InChI is InChI=1S/C23H19F3N4O2S/c24-23(25,26)17-8-4-5-15(13-17)14-30-21(31)19-20(18(28-30)16-6-2-1-3-7-16)33-22(27-19)29-9-11-32-12-10-29/h1-8,13H,9-12,14H2. The molecule has 2 aromatic heterocycles. The number of benzene rings is 2. The molecule has 3 heterocycles. The molecule has 0 bridgehead atoms. The maximum Gasteiger partial charge on any atom is 0.416 e. The summed E-state index contributed by atoms with van der Waals surface area (Å²) in [6.07, 6.45) is -4.46. The van der Waals surface area contributed by atoms with Gasteiger partial charge in [0.25, 0.3) is 5.56 Å². The summed E-state index contributed by atoms with van der Waals surface area (Å²) in [4.78, 5) is 20.0. The largest absolute Gasteiger partial charge is 0.416 e. The van der Waals surface area contributed by atoms with Gasteiger partial charge in [0, 0.05) is 18.7 Å². The zero-order valence-electron chi connectivity index (χ0n) is 17.4. The van der Waals surface area contributed by atoms with Gasteiger partial charge in [-0.15, -0.1) is 0 Å². The molecule has 5 rings (SSSR count). The van der Waals surface area contributed by atoms with Crippen molar-refractivity contribution < 1.29 is 17.9 Å². The summed E-state index contributed by atoms with van der Waals surface area (Å²) in [5.41, 5.74) is 0.786. The molecule has 6 nitrogen and oxygen atoms in total. The van der Waals surface area contributed by atoms with E-state index in [1.807, 2.05) is 30.3 Å². The van der Waals surface area contributed by atoms with E-state index in [-0.39, 0.29) is 12.1 Å². The maximum atomic E-state index is 13.3. The fraction of sp³-hybridized carbons (Fsp3) is 0.261. The van der Waals surface area contributed by atoms with Crippen LogP contribution < -0.4 is 10.5 Å². The highest BCUT2D eigenvalue weighted by atomic mass is 32.1. The van der Waals surface area contributed by atoms with Gasteiger partial charge >= 0.3 is 6.18 Å². The number of rotatable bonds is 4. The normalized spacial score (nSPS) is 14.7. The van der Waals surface area contributed by atoms with Crippen molar-refractivity contribution in [3.05, 3.63) is 76.1 Å². The number of ether oxygens (including phenoxy) is 1. The van der Waals surface area contributed by atoms with Crippen molar-refractivity contribution in [2.75, 3.05) is 31.2 Å². The smallest absolute Gasteiger partial charge is 0.378 e. The number of halogens is 3. The van der Waals surface area contributed by atoms with Crippen molar-refractivity contribution in [1.82, 2.24) is 14.8 Å². The van der Waals surface area contributed by atoms with Crippen molar-refractivity contribution in [3.8, 4) is 11.3 Å². The molecular formula is C23H19F3N4O2S. The number of thiazole rings is 1. The monoisotopic (exact) mass is 472 g/mol. The molecule has 33 heavy (non-hydrogen) atoms. The predicted octanol–water partition coefficient (Wildman–Crippen LogP) is 4.42. The van der Waals surface area contributed by atoms with Crippen molar-refractivity contribution in [1.29, 1.82) is 0 Å². The Hall–Kier alpha value is -3.24. The van der Waals surface area contributed by atoms with E-state index in [1.54, 1.807) is 6.07 Å². The molecule has 0 unspecified atom stereocenters. The van der Waals surface area contributed by atoms with Gasteiger partial charge in [0.1, 0.15) is 5.69 Å². The predicted molar refractivity (Wildman–Crippen MR) is 121 cm³/mol. The van der Waals surface area contributed by atoms with Gasteiger partial charge in [-0.25, -0.2) is 9.67 Å². The van der Waals surface area contributed by atoms with Gasteiger partial charge in [0.15, 0.2) is 10.6 Å². The average molecular weight is 472 g/mol. The van der Waals surface area contributed by atoms with E-state index in [9.17, 15) is 18.0 Å². The molecule has 10 heteroatoms. The quantitative estimate of drug-likeness (QED) is 0.440. The van der Waals surface area contributed by atoms with Gasteiger partial charge in [-0.05, 0) is 17.7 Å². The van der Waals surface area contributed by atoms with Crippen LogP contribution in [0.25, 0.3) is 21.5 Å². The summed E-state index contributed by atoms with van der Waals surface area (Å²) < 4.78 is 46.7. The second kappa shape index (κ2) is 8.60. The summed E-state index contributed by atoms with van der Waals surface area (Å²) in [5.74, 6) is 0. The third kappa shape index (κ3) is 4.36. The molecule has 0 radical (unpaired) electrons. The van der Waals surface area contributed by atoms with Crippen LogP contribution in [0, 0.1) is 0 Å². The Kier molecular flexibility index (Phi) is 5.63. The van der Waals surface area contributed by atoms with Crippen LogP contribution in [0.2, 0.25) is 0 Å². The molecule has 0 spiro atoms. The molecule has 2 aromatic carbocycles. The van der Waals surface area contributed by atoms with Gasteiger partial charge in [0.05, 0.1) is 30.0 Å². The van der Waals surface area contributed by atoms with Crippen LogP contribution in [-0.2, 0) is 17.5 Å². The van der Waals surface area contributed by atoms with Crippen LogP contribution >= 0.6 is 11.3 Å². The van der Waals surface area contributed by atoms with Crippen LogP contribution in [0.5, 0.6) is 0 Å².